The lowest BCUT2D eigenvalue weighted by atomic mass is 10.0. The van der Waals surface area contributed by atoms with E-state index in [0.29, 0.717) is 18.0 Å². The molecule has 0 radical (unpaired) electrons. The van der Waals surface area contributed by atoms with Crippen molar-refractivity contribution in [3.05, 3.63) is 71.8 Å². The molecule has 5 nitrogen and oxygen atoms in total. The molecule has 0 unspecified atom stereocenters. The van der Waals surface area contributed by atoms with Gasteiger partial charge in [-0.15, -0.1) is 0 Å². The number of carbonyl (C=O) groups is 1. The van der Waals surface area contributed by atoms with E-state index in [9.17, 15) is 4.79 Å². The molecule has 33 heavy (non-hydrogen) atoms. The molecule has 3 aromatic carbocycles. The first-order valence-corrected chi connectivity index (χ1v) is 11.8. The molecule has 0 aromatic heterocycles. The van der Waals surface area contributed by atoms with Gasteiger partial charge in [0.05, 0.1) is 7.11 Å². The fourth-order valence-corrected chi connectivity index (χ4v) is 4.42. The van der Waals surface area contributed by atoms with E-state index in [2.05, 4.69) is 30.1 Å². The minimum Gasteiger partial charge on any atom is -0.497 e. The van der Waals surface area contributed by atoms with Crippen molar-refractivity contribution >= 4 is 16.7 Å². The number of carbonyl (C=O) groups excluding carboxylic acids is 1. The summed E-state index contributed by atoms with van der Waals surface area (Å²) in [5.74, 6) is 2.30. The minimum absolute atomic E-state index is 0.0896. The third kappa shape index (κ3) is 6.26. The van der Waals surface area contributed by atoms with Crippen LogP contribution < -0.4 is 14.8 Å². The van der Waals surface area contributed by atoms with Gasteiger partial charge in [0.2, 0.25) is 0 Å². The van der Waals surface area contributed by atoms with Crippen LogP contribution in [0.2, 0.25) is 0 Å². The average molecular weight is 447 g/mol. The van der Waals surface area contributed by atoms with Gasteiger partial charge in [0, 0.05) is 31.7 Å². The molecule has 5 heteroatoms. The van der Waals surface area contributed by atoms with E-state index in [4.69, 9.17) is 9.47 Å². The van der Waals surface area contributed by atoms with Gasteiger partial charge in [-0.1, -0.05) is 38.1 Å². The number of fused-ring (bicyclic) bond motifs is 1. The van der Waals surface area contributed by atoms with Crippen LogP contribution in [-0.4, -0.2) is 43.7 Å². The monoisotopic (exact) mass is 446 g/mol. The van der Waals surface area contributed by atoms with Crippen molar-refractivity contribution in [2.24, 2.45) is 5.92 Å². The van der Waals surface area contributed by atoms with E-state index in [-0.39, 0.29) is 12.0 Å². The first-order valence-electron chi connectivity index (χ1n) is 11.8. The lowest BCUT2D eigenvalue weighted by Gasteiger charge is -2.33. The van der Waals surface area contributed by atoms with Gasteiger partial charge >= 0.3 is 0 Å². The lowest BCUT2D eigenvalue weighted by molar-refractivity contribution is 0.0942. The number of benzene rings is 3. The highest BCUT2D eigenvalue weighted by Crippen LogP contribution is 2.25. The molecule has 1 aliphatic rings. The standard InChI is InChI=1S/C28H34N2O3/c1-20(2)19-30-13-11-25(12-14-30)33-27-10-9-22-16-24(8-7-23(22)17-27)28(31)29-18-21-5-4-6-26(15-21)32-3/h4-10,15-17,20,25H,11-14,18-19H2,1-3H3,(H,29,31). The number of methoxy groups -OCH3 is 1. The fourth-order valence-electron chi connectivity index (χ4n) is 4.42. The Kier molecular flexibility index (Phi) is 7.50. The Morgan fingerprint density at radius 2 is 1.76 bits per heavy atom. The minimum atomic E-state index is -0.0896. The Morgan fingerprint density at radius 1 is 1.00 bits per heavy atom. The van der Waals surface area contributed by atoms with E-state index in [0.717, 1.165) is 60.3 Å². The van der Waals surface area contributed by atoms with E-state index >= 15 is 0 Å². The number of hydrogen-bond donors (Lipinski definition) is 1. The number of hydrogen-bond acceptors (Lipinski definition) is 4. The number of nitrogens with one attached hydrogen (secondary N) is 1. The zero-order valence-electron chi connectivity index (χ0n) is 19.8. The molecule has 174 valence electrons. The number of rotatable bonds is 8. The molecular formula is C28H34N2O3. The van der Waals surface area contributed by atoms with E-state index in [1.165, 1.54) is 0 Å². The Hall–Kier alpha value is -3.05. The summed E-state index contributed by atoms with van der Waals surface area (Å²) in [6.07, 6.45) is 2.40. The van der Waals surface area contributed by atoms with Crippen LogP contribution in [0.5, 0.6) is 11.5 Å². The number of piperidine rings is 1. The summed E-state index contributed by atoms with van der Waals surface area (Å²) < 4.78 is 11.5. The van der Waals surface area contributed by atoms with Gasteiger partial charge in [-0.05, 0) is 71.5 Å². The first-order chi connectivity index (χ1) is 16.0. The summed E-state index contributed by atoms with van der Waals surface area (Å²) in [6.45, 7) is 8.37. The number of likely N-dealkylation sites (tertiary alicyclic amines) is 1. The number of amides is 1. The molecule has 1 fully saturated rings. The summed E-state index contributed by atoms with van der Waals surface area (Å²) >= 11 is 0. The van der Waals surface area contributed by atoms with E-state index in [1.807, 2.05) is 54.6 Å². The molecule has 3 aromatic rings. The summed E-state index contributed by atoms with van der Waals surface area (Å²) in [4.78, 5) is 15.2. The van der Waals surface area contributed by atoms with E-state index < -0.39 is 0 Å². The predicted octanol–water partition coefficient (Wildman–Crippen LogP) is 5.28. The molecule has 0 saturated carbocycles. The van der Waals surface area contributed by atoms with Crippen molar-refractivity contribution in [3.8, 4) is 11.5 Å². The Balaban J connectivity index is 1.35. The highest BCUT2D eigenvalue weighted by molar-refractivity contribution is 5.98. The summed E-state index contributed by atoms with van der Waals surface area (Å²) in [6, 6.07) is 19.6. The third-order valence-electron chi connectivity index (χ3n) is 6.12. The van der Waals surface area contributed by atoms with Crippen molar-refractivity contribution < 1.29 is 14.3 Å². The summed E-state index contributed by atoms with van der Waals surface area (Å²) in [7, 11) is 1.64. The quantitative estimate of drug-likeness (QED) is 0.512. The normalized spacial score (nSPS) is 15.0. The van der Waals surface area contributed by atoms with Gasteiger partial charge in [-0.3, -0.25) is 4.79 Å². The second-order valence-corrected chi connectivity index (χ2v) is 9.27. The molecule has 1 aliphatic heterocycles. The zero-order valence-corrected chi connectivity index (χ0v) is 19.8. The molecule has 1 heterocycles. The second-order valence-electron chi connectivity index (χ2n) is 9.27. The van der Waals surface area contributed by atoms with Crippen molar-refractivity contribution in [1.82, 2.24) is 10.2 Å². The van der Waals surface area contributed by atoms with Crippen LogP contribution in [0.25, 0.3) is 10.8 Å². The van der Waals surface area contributed by atoms with Gasteiger partial charge in [-0.2, -0.15) is 0 Å². The predicted molar refractivity (Wildman–Crippen MR) is 133 cm³/mol. The molecule has 4 rings (SSSR count). The molecule has 0 atom stereocenters. The molecule has 0 aliphatic carbocycles. The topological polar surface area (TPSA) is 50.8 Å². The van der Waals surface area contributed by atoms with Crippen molar-refractivity contribution in [1.29, 1.82) is 0 Å². The van der Waals surface area contributed by atoms with Crippen LogP contribution in [0, 0.1) is 5.92 Å². The maximum atomic E-state index is 12.7. The maximum absolute atomic E-state index is 12.7. The van der Waals surface area contributed by atoms with Crippen molar-refractivity contribution in [3.63, 3.8) is 0 Å². The van der Waals surface area contributed by atoms with Gasteiger partial charge in [0.25, 0.3) is 5.91 Å². The largest absolute Gasteiger partial charge is 0.497 e. The van der Waals surface area contributed by atoms with Crippen LogP contribution in [0.4, 0.5) is 0 Å². The molecule has 1 N–H and O–H groups in total. The van der Waals surface area contributed by atoms with E-state index in [1.54, 1.807) is 7.11 Å². The number of nitrogens with zero attached hydrogens (tertiary/aromatic N) is 1. The maximum Gasteiger partial charge on any atom is 0.251 e. The highest BCUT2D eigenvalue weighted by atomic mass is 16.5. The van der Waals surface area contributed by atoms with Gasteiger partial charge < -0.3 is 19.7 Å². The Morgan fingerprint density at radius 3 is 2.52 bits per heavy atom. The van der Waals surface area contributed by atoms with Crippen LogP contribution in [0.15, 0.2) is 60.7 Å². The van der Waals surface area contributed by atoms with Crippen LogP contribution >= 0.6 is 0 Å². The average Bonchev–Trinajstić information content (AvgIpc) is 2.83. The van der Waals surface area contributed by atoms with Crippen LogP contribution in [0.1, 0.15) is 42.6 Å². The summed E-state index contributed by atoms with van der Waals surface area (Å²) in [5.41, 5.74) is 1.65. The molecule has 1 amide bonds. The Bertz CT molecular complexity index is 1090. The van der Waals surface area contributed by atoms with Gasteiger partial charge in [-0.25, -0.2) is 0 Å². The first kappa shape index (κ1) is 23.1. The molecule has 1 saturated heterocycles. The second kappa shape index (κ2) is 10.7. The lowest BCUT2D eigenvalue weighted by Crippen LogP contribution is -2.39. The third-order valence-corrected chi connectivity index (χ3v) is 6.12. The van der Waals surface area contributed by atoms with Crippen molar-refractivity contribution in [2.75, 3.05) is 26.7 Å². The van der Waals surface area contributed by atoms with Crippen LogP contribution in [-0.2, 0) is 6.54 Å². The SMILES string of the molecule is COc1cccc(CNC(=O)c2ccc3cc(OC4CCN(CC(C)C)CC4)ccc3c2)c1. The van der Waals surface area contributed by atoms with Gasteiger partial charge in [0.1, 0.15) is 17.6 Å². The van der Waals surface area contributed by atoms with Gasteiger partial charge in [0.15, 0.2) is 0 Å². The van der Waals surface area contributed by atoms with Crippen LogP contribution in [0.3, 0.4) is 0 Å². The fraction of sp³-hybridized carbons (Fsp3) is 0.393. The molecule has 0 spiro atoms. The summed E-state index contributed by atoms with van der Waals surface area (Å²) in [5, 5.41) is 5.10. The van der Waals surface area contributed by atoms with Crippen molar-refractivity contribution in [2.45, 2.75) is 39.3 Å². The smallest absolute Gasteiger partial charge is 0.251 e. The highest BCUT2D eigenvalue weighted by Gasteiger charge is 2.21. The molecule has 0 bridgehead atoms. The number of ether oxygens (including phenoxy) is 2. The molecular weight excluding hydrogens is 412 g/mol. The Labute approximate surface area is 196 Å². The zero-order chi connectivity index (χ0) is 23.2.